The number of rotatable bonds is 10. The molecule has 190 valence electrons. The number of benzene rings is 2. The van der Waals surface area contributed by atoms with Gasteiger partial charge < -0.3 is 28.8 Å². The molecule has 0 spiro atoms. The lowest BCUT2D eigenvalue weighted by Crippen LogP contribution is -2.45. The molecule has 1 heterocycles. The molecule has 36 heavy (non-hydrogen) atoms. The molecule has 1 aliphatic carbocycles. The Morgan fingerprint density at radius 2 is 1.69 bits per heavy atom. The minimum atomic E-state index is -0.887. The zero-order valence-corrected chi connectivity index (χ0v) is 20.9. The van der Waals surface area contributed by atoms with Gasteiger partial charge in [0.25, 0.3) is 5.91 Å². The van der Waals surface area contributed by atoms with Crippen LogP contribution in [0.4, 0.5) is 0 Å². The third kappa shape index (κ3) is 5.64. The third-order valence-electron chi connectivity index (χ3n) is 6.49. The van der Waals surface area contributed by atoms with Crippen molar-refractivity contribution in [3.63, 3.8) is 0 Å². The molecule has 1 saturated carbocycles. The molecule has 0 saturated heterocycles. The third-order valence-corrected chi connectivity index (χ3v) is 6.49. The van der Waals surface area contributed by atoms with Gasteiger partial charge in [0.1, 0.15) is 17.6 Å². The highest BCUT2D eigenvalue weighted by atomic mass is 16.5. The Labute approximate surface area is 211 Å². The fourth-order valence-corrected chi connectivity index (χ4v) is 4.60. The summed E-state index contributed by atoms with van der Waals surface area (Å²) in [5.74, 6) is 1.60. The number of carbonyl (C=O) groups is 2. The second-order valence-electron chi connectivity index (χ2n) is 8.75. The zero-order valence-electron chi connectivity index (χ0n) is 20.9. The molecule has 1 fully saturated rings. The Hall–Kier alpha value is -3.94. The minimum absolute atomic E-state index is 0.0971. The largest absolute Gasteiger partial charge is 0.497 e. The summed E-state index contributed by atoms with van der Waals surface area (Å²) in [5.41, 5.74) is 1.04. The standard InChI is InChI=1S/C28H32N2O6/c1-33-22-13-10-19(11-14-22)26(27(31)29-21-7-4-5-8-21)30(18-23-9-6-16-36-23)28(32)20-12-15-24(34-2)25(17-20)35-3/h6,9-17,21,26H,4-5,7-8,18H2,1-3H3,(H,29,31). The first kappa shape index (κ1) is 25.2. The van der Waals surface area contributed by atoms with Gasteiger partial charge in [0.05, 0.1) is 34.1 Å². The van der Waals surface area contributed by atoms with Gasteiger partial charge in [-0.1, -0.05) is 25.0 Å². The van der Waals surface area contributed by atoms with Gasteiger partial charge in [-0.2, -0.15) is 0 Å². The maximum absolute atomic E-state index is 14.0. The molecule has 8 heteroatoms. The second-order valence-corrected chi connectivity index (χ2v) is 8.75. The van der Waals surface area contributed by atoms with E-state index in [-0.39, 0.29) is 24.4 Å². The molecule has 0 bridgehead atoms. The van der Waals surface area contributed by atoms with Crippen LogP contribution in [0.15, 0.2) is 65.3 Å². The number of amides is 2. The summed E-state index contributed by atoms with van der Waals surface area (Å²) in [7, 11) is 4.64. The second kappa shape index (κ2) is 11.7. The number of ether oxygens (including phenoxy) is 3. The van der Waals surface area contributed by atoms with E-state index in [1.54, 1.807) is 55.8 Å². The Balaban J connectivity index is 1.76. The molecule has 8 nitrogen and oxygen atoms in total. The quantitative estimate of drug-likeness (QED) is 0.439. The Morgan fingerprint density at radius 1 is 0.972 bits per heavy atom. The number of nitrogens with zero attached hydrogens (tertiary/aromatic N) is 1. The van der Waals surface area contributed by atoms with Crippen molar-refractivity contribution in [1.82, 2.24) is 10.2 Å². The van der Waals surface area contributed by atoms with Crippen molar-refractivity contribution in [2.45, 2.75) is 44.3 Å². The molecule has 0 aliphatic heterocycles. The van der Waals surface area contributed by atoms with Gasteiger partial charge in [0.15, 0.2) is 11.5 Å². The van der Waals surface area contributed by atoms with E-state index in [2.05, 4.69) is 5.32 Å². The molecule has 1 N–H and O–H groups in total. The van der Waals surface area contributed by atoms with Gasteiger partial charge in [0, 0.05) is 11.6 Å². The molecule has 3 aromatic rings. The van der Waals surface area contributed by atoms with E-state index in [0.29, 0.717) is 34.1 Å². The summed E-state index contributed by atoms with van der Waals surface area (Å²) >= 11 is 0. The number of methoxy groups -OCH3 is 3. The van der Waals surface area contributed by atoms with Crippen molar-refractivity contribution in [2.75, 3.05) is 21.3 Å². The van der Waals surface area contributed by atoms with Crippen molar-refractivity contribution < 1.29 is 28.2 Å². The molecule has 1 aliphatic rings. The van der Waals surface area contributed by atoms with Gasteiger partial charge >= 0.3 is 0 Å². The summed E-state index contributed by atoms with van der Waals surface area (Å²) in [6, 6.07) is 14.9. The van der Waals surface area contributed by atoms with Gasteiger partial charge in [-0.3, -0.25) is 9.59 Å². The average Bonchev–Trinajstić information content (AvgIpc) is 3.62. The van der Waals surface area contributed by atoms with E-state index in [9.17, 15) is 9.59 Å². The molecular weight excluding hydrogens is 460 g/mol. The topological polar surface area (TPSA) is 90.2 Å². The van der Waals surface area contributed by atoms with Crippen LogP contribution in [0.2, 0.25) is 0 Å². The smallest absolute Gasteiger partial charge is 0.255 e. The van der Waals surface area contributed by atoms with Gasteiger partial charge in [-0.15, -0.1) is 0 Å². The first-order valence-corrected chi connectivity index (χ1v) is 12.0. The van der Waals surface area contributed by atoms with E-state index in [1.165, 1.54) is 19.1 Å². The number of nitrogens with one attached hydrogen (secondary N) is 1. The van der Waals surface area contributed by atoms with Crippen molar-refractivity contribution in [3.8, 4) is 17.2 Å². The van der Waals surface area contributed by atoms with Crippen LogP contribution in [-0.4, -0.2) is 44.1 Å². The van der Waals surface area contributed by atoms with Crippen LogP contribution < -0.4 is 19.5 Å². The molecule has 0 radical (unpaired) electrons. The predicted molar refractivity (Wildman–Crippen MR) is 134 cm³/mol. The van der Waals surface area contributed by atoms with Gasteiger partial charge in [0.2, 0.25) is 5.91 Å². The number of hydrogen-bond donors (Lipinski definition) is 1. The van der Waals surface area contributed by atoms with Crippen LogP contribution in [0.5, 0.6) is 17.2 Å². The summed E-state index contributed by atoms with van der Waals surface area (Å²) in [4.78, 5) is 29.3. The number of carbonyl (C=O) groups excluding carboxylic acids is 2. The van der Waals surface area contributed by atoms with Crippen LogP contribution in [0.3, 0.4) is 0 Å². The summed E-state index contributed by atoms with van der Waals surface area (Å²) < 4.78 is 21.6. The Kier molecular flexibility index (Phi) is 8.15. The monoisotopic (exact) mass is 492 g/mol. The first-order chi connectivity index (χ1) is 17.5. The van der Waals surface area contributed by atoms with E-state index in [1.807, 2.05) is 12.1 Å². The van der Waals surface area contributed by atoms with Crippen LogP contribution in [0.1, 0.15) is 53.4 Å². The summed E-state index contributed by atoms with van der Waals surface area (Å²) in [6.45, 7) is 0.106. The average molecular weight is 493 g/mol. The molecule has 2 amide bonds. The van der Waals surface area contributed by atoms with Crippen molar-refractivity contribution in [1.29, 1.82) is 0 Å². The predicted octanol–water partition coefficient (Wildman–Crippen LogP) is 4.75. The number of furan rings is 1. The van der Waals surface area contributed by atoms with E-state index < -0.39 is 6.04 Å². The van der Waals surface area contributed by atoms with Crippen LogP contribution in [0.25, 0.3) is 0 Å². The van der Waals surface area contributed by atoms with Crippen LogP contribution >= 0.6 is 0 Å². The lowest BCUT2D eigenvalue weighted by molar-refractivity contribution is -0.126. The van der Waals surface area contributed by atoms with Crippen molar-refractivity contribution >= 4 is 11.8 Å². The molecular formula is C28H32N2O6. The lowest BCUT2D eigenvalue weighted by atomic mass is 10.0. The molecule has 4 rings (SSSR count). The molecule has 2 aromatic carbocycles. The summed E-state index contributed by atoms with van der Waals surface area (Å²) in [5, 5.41) is 3.17. The summed E-state index contributed by atoms with van der Waals surface area (Å²) in [6.07, 6.45) is 5.58. The fraction of sp³-hybridized carbons (Fsp3) is 0.357. The van der Waals surface area contributed by atoms with Crippen LogP contribution in [-0.2, 0) is 11.3 Å². The minimum Gasteiger partial charge on any atom is -0.497 e. The number of hydrogen-bond acceptors (Lipinski definition) is 6. The van der Waals surface area contributed by atoms with E-state index in [4.69, 9.17) is 18.6 Å². The van der Waals surface area contributed by atoms with Crippen molar-refractivity contribution in [2.24, 2.45) is 0 Å². The zero-order chi connectivity index (χ0) is 25.5. The lowest BCUT2D eigenvalue weighted by Gasteiger charge is -2.32. The highest BCUT2D eigenvalue weighted by Crippen LogP contribution is 2.32. The first-order valence-electron chi connectivity index (χ1n) is 12.0. The van der Waals surface area contributed by atoms with Crippen LogP contribution in [0, 0.1) is 0 Å². The molecule has 1 aromatic heterocycles. The van der Waals surface area contributed by atoms with E-state index >= 15 is 0 Å². The SMILES string of the molecule is COc1ccc(C(C(=O)NC2CCCC2)N(Cc2ccco2)C(=O)c2ccc(OC)c(OC)c2)cc1. The Bertz CT molecular complexity index is 1150. The van der Waals surface area contributed by atoms with Gasteiger partial charge in [-0.25, -0.2) is 0 Å². The maximum atomic E-state index is 14.0. The highest BCUT2D eigenvalue weighted by Gasteiger charge is 2.34. The molecule has 1 atom stereocenters. The van der Waals surface area contributed by atoms with Gasteiger partial charge in [-0.05, 0) is 60.9 Å². The maximum Gasteiger partial charge on any atom is 0.255 e. The fourth-order valence-electron chi connectivity index (χ4n) is 4.60. The molecule has 1 unspecified atom stereocenters. The Morgan fingerprint density at radius 3 is 2.31 bits per heavy atom. The normalized spacial score (nSPS) is 14.2. The highest BCUT2D eigenvalue weighted by molar-refractivity contribution is 5.98. The van der Waals surface area contributed by atoms with E-state index in [0.717, 1.165) is 25.7 Å². The van der Waals surface area contributed by atoms with Crippen molar-refractivity contribution in [3.05, 3.63) is 77.7 Å².